The smallest absolute Gasteiger partial charge is 0.0947 e. The van der Waals surface area contributed by atoms with Gasteiger partial charge in [-0.25, -0.2) is 0 Å². The number of anilines is 1. The second kappa shape index (κ2) is 4.20. The molecule has 0 amide bonds. The van der Waals surface area contributed by atoms with Gasteiger partial charge in [-0.1, -0.05) is 0 Å². The predicted octanol–water partition coefficient (Wildman–Crippen LogP) is -1.55. The molecule has 0 radical (unpaired) electrons. The molecule has 2 heterocycles. The molecule has 1 N–H and O–H groups in total. The molecule has 1 aromatic rings. The maximum atomic E-state index is 10.6. The number of carbonyl (C=O) groups is 1. The van der Waals surface area contributed by atoms with Crippen LogP contribution in [-0.4, -0.2) is 39.2 Å². The van der Waals surface area contributed by atoms with Gasteiger partial charge in [0.05, 0.1) is 49.1 Å². The molecule has 1 fully saturated rings. The number of carboxylic acids is 1. The molecule has 0 bridgehead atoms. The standard InChI is InChI=1S/C10H14N2O2S/c1-11-4-6-12(7-5-11)9-3-2-8(15-9)10(13)14/h2-3H,4-7H2,1H3,(H,13,14). The van der Waals surface area contributed by atoms with E-state index in [1.165, 1.54) is 16.2 Å². The highest BCUT2D eigenvalue weighted by Gasteiger charge is 2.18. The van der Waals surface area contributed by atoms with Crippen molar-refractivity contribution in [2.24, 2.45) is 0 Å². The Morgan fingerprint density at radius 3 is 2.67 bits per heavy atom. The van der Waals surface area contributed by atoms with Gasteiger partial charge in [-0.2, -0.15) is 0 Å². The number of quaternary nitrogens is 1. The third kappa shape index (κ3) is 2.30. The van der Waals surface area contributed by atoms with Crippen LogP contribution in [0.5, 0.6) is 0 Å². The quantitative estimate of drug-likeness (QED) is 0.664. The summed E-state index contributed by atoms with van der Waals surface area (Å²) in [6, 6.07) is 3.50. The Balaban J connectivity index is 2.06. The van der Waals surface area contributed by atoms with Crippen molar-refractivity contribution < 1.29 is 14.8 Å². The molecule has 1 aromatic heterocycles. The Kier molecular flexibility index (Phi) is 2.93. The molecule has 2 rings (SSSR count). The van der Waals surface area contributed by atoms with E-state index in [1.807, 2.05) is 6.07 Å². The largest absolute Gasteiger partial charge is 0.544 e. The number of rotatable bonds is 2. The van der Waals surface area contributed by atoms with Gasteiger partial charge in [0, 0.05) is 0 Å². The van der Waals surface area contributed by atoms with E-state index in [9.17, 15) is 9.90 Å². The van der Waals surface area contributed by atoms with Crippen LogP contribution >= 0.6 is 11.3 Å². The number of likely N-dealkylation sites (N-methyl/N-ethyl adjacent to an activating group) is 1. The minimum absolute atomic E-state index is 0.316. The summed E-state index contributed by atoms with van der Waals surface area (Å²) in [6.45, 7) is 4.22. The third-order valence-corrected chi connectivity index (χ3v) is 3.85. The molecular weight excluding hydrogens is 212 g/mol. The number of piperazine rings is 1. The first kappa shape index (κ1) is 10.4. The van der Waals surface area contributed by atoms with E-state index in [4.69, 9.17) is 0 Å². The summed E-state index contributed by atoms with van der Waals surface area (Å²) < 4.78 is 0. The maximum absolute atomic E-state index is 10.6. The zero-order valence-electron chi connectivity index (χ0n) is 8.66. The molecule has 0 unspecified atom stereocenters. The third-order valence-electron chi connectivity index (χ3n) is 2.72. The highest BCUT2D eigenvalue weighted by Crippen LogP contribution is 2.25. The lowest BCUT2D eigenvalue weighted by Crippen LogP contribution is -3.12. The van der Waals surface area contributed by atoms with Crippen molar-refractivity contribution in [1.82, 2.24) is 0 Å². The molecule has 15 heavy (non-hydrogen) atoms. The van der Waals surface area contributed by atoms with Crippen LogP contribution in [0, 0.1) is 0 Å². The first-order valence-corrected chi connectivity index (χ1v) is 5.86. The summed E-state index contributed by atoms with van der Waals surface area (Å²) in [5.41, 5.74) is 0. The van der Waals surface area contributed by atoms with Gasteiger partial charge in [0.25, 0.3) is 0 Å². The van der Waals surface area contributed by atoms with Crippen molar-refractivity contribution in [1.29, 1.82) is 0 Å². The first-order chi connectivity index (χ1) is 7.16. The van der Waals surface area contributed by atoms with Gasteiger partial charge >= 0.3 is 0 Å². The summed E-state index contributed by atoms with van der Waals surface area (Å²) in [7, 11) is 2.18. The molecule has 0 atom stereocenters. The molecule has 0 aromatic carbocycles. The number of carboxylic acid groups (broad SMARTS) is 1. The molecule has 4 nitrogen and oxygen atoms in total. The lowest BCUT2D eigenvalue weighted by atomic mass is 10.3. The first-order valence-electron chi connectivity index (χ1n) is 5.04. The minimum Gasteiger partial charge on any atom is -0.544 e. The van der Waals surface area contributed by atoms with Crippen LogP contribution in [0.1, 0.15) is 9.67 Å². The Bertz CT molecular complexity index is 356. The fourth-order valence-corrected chi connectivity index (χ4v) is 2.61. The van der Waals surface area contributed by atoms with E-state index >= 15 is 0 Å². The predicted molar refractivity (Wildman–Crippen MR) is 57.5 cm³/mol. The summed E-state index contributed by atoms with van der Waals surface area (Å²) in [5.74, 6) is -1.08. The number of hydrogen-bond donors (Lipinski definition) is 1. The van der Waals surface area contributed by atoms with Crippen LogP contribution in [0.3, 0.4) is 0 Å². The highest BCUT2D eigenvalue weighted by atomic mass is 32.1. The molecular formula is C10H14N2O2S. The monoisotopic (exact) mass is 226 g/mol. The van der Waals surface area contributed by atoms with E-state index in [0.717, 1.165) is 31.2 Å². The van der Waals surface area contributed by atoms with Crippen molar-refractivity contribution in [3.63, 3.8) is 0 Å². The number of aromatic carboxylic acids is 1. The molecule has 1 aliphatic heterocycles. The number of nitrogens with zero attached hydrogens (tertiary/aromatic N) is 1. The van der Waals surface area contributed by atoms with E-state index in [-0.39, 0.29) is 0 Å². The Hall–Kier alpha value is -1.07. The SMILES string of the molecule is C[NH+]1CCN(c2ccc(C(=O)[O-])s2)CC1. The second-order valence-corrected chi connectivity index (χ2v) is 4.93. The van der Waals surface area contributed by atoms with Gasteiger partial charge < -0.3 is 19.7 Å². The maximum Gasteiger partial charge on any atom is 0.0947 e. The summed E-state index contributed by atoms with van der Waals surface area (Å²) in [6.07, 6.45) is 0. The van der Waals surface area contributed by atoms with Crippen molar-refractivity contribution in [2.75, 3.05) is 38.1 Å². The van der Waals surface area contributed by atoms with Crippen LogP contribution in [0.15, 0.2) is 12.1 Å². The Morgan fingerprint density at radius 2 is 2.13 bits per heavy atom. The zero-order valence-corrected chi connectivity index (χ0v) is 9.47. The minimum atomic E-state index is -1.08. The fourth-order valence-electron chi connectivity index (χ4n) is 1.72. The normalized spacial score (nSPS) is 18.1. The average Bonchev–Trinajstić information content (AvgIpc) is 2.68. The van der Waals surface area contributed by atoms with Crippen LogP contribution in [-0.2, 0) is 0 Å². The van der Waals surface area contributed by atoms with Crippen molar-refractivity contribution >= 4 is 22.3 Å². The van der Waals surface area contributed by atoms with Crippen LogP contribution in [0.25, 0.3) is 0 Å². The molecule has 0 spiro atoms. The number of nitrogens with one attached hydrogen (secondary N) is 1. The van der Waals surface area contributed by atoms with Gasteiger partial charge in [0.2, 0.25) is 0 Å². The molecule has 5 heteroatoms. The average molecular weight is 226 g/mol. The second-order valence-electron chi connectivity index (χ2n) is 3.87. The molecule has 82 valence electrons. The van der Waals surface area contributed by atoms with E-state index in [2.05, 4.69) is 11.9 Å². The number of hydrogen-bond acceptors (Lipinski definition) is 4. The van der Waals surface area contributed by atoms with Gasteiger partial charge in [-0.3, -0.25) is 0 Å². The summed E-state index contributed by atoms with van der Waals surface area (Å²) >= 11 is 1.30. The van der Waals surface area contributed by atoms with E-state index in [1.54, 1.807) is 6.07 Å². The van der Waals surface area contributed by atoms with Crippen molar-refractivity contribution in [3.05, 3.63) is 17.0 Å². The zero-order chi connectivity index (χ0) is 10.8. The van der Waals surface area contributed by atoms with Crippen molar-refractivity contribution in [2.45, 2.75) is 0 Å². The molecule has 0 aliphatic carbocycles. The van der Waals surface area contributed by atoms with Gasteiger partial charge in [0.15, 0.2) is 0 Å². The summed E-state index contributed by atoms with van der Waals surface area (Å²) in [5, 5.41) is 11.7. The lowest BCUT2D eigenvalue weighted by molar-refractivity contribution is -0.880. The van der Waals surface area contributed by atoms with Crippen LogP contribution in [0.2, 0.25) is 0 Å². The molecule has 1 aliphatic rings. The Labute approximate surface area is 92.7 Å². The van der Waals surface area contributed by atoms with E-state index < -0.39 is 5.97 Å². The Morgan fingerprint density at radius 1 is 1.47 bits per heavy atom. The number of thiophene rings is 1. The van der Waals surface area contributed by atoms with Gasteiger partial charge in [0.1, 0.15) is 0 Å². The van der Waals surface area contributed by atoms with E-state index in [0.29, 0.717) is 4.88 Å². The van der Waals surface area contributed by atoms with Crippen LogP contribution in [0.4, 0.5) is 5.00 Å². The summed E-state index contributed by atoms with van der Waals surface area (Å²) in [4.78, 5) is 14.7. The van der Waals surface area contributed by atoms with Gasteiger partial charge in [-0.15, -0.1) is 11.3 Å². The van der Waals surface area contributed by atoms with Gasteiger partial charge in [-0.05, 0) is 12.1 Å². The number of carbonyl (C=O) groups excluding carboxylic acids is 1. The lowest BCUT2D eigenvalue weighted by Gasteiger charge is -2.30. The molecule has 1 saturated heterocycles. The van der Waals surface area contributed by atoms with Crippen molar-refractivity contribution in [3.8, 4) is 0 Å². The highest BCUT2D eigenvalue weighted by molar-refractivity contribution is 7.17. The topological polar surface area (TPSA) is 47.8 Å². The van der Waals surface area contributed by atoms with Crippen LogP contribution < -0.4 is 14.9 Å². The molecule has 0 saturated carbocycles. The fraction of sp³-hybridized carbons (Fsp3) is 0.500.